The van der Waals surface area contributed by atoms with Gasteiger partial charge in [-0.3, -0.25) is 0 Å². The molecule has 5 nitrogen and oxygen atoms in total. The van der Waals surface area contributed by atoms with Crippen molar-refractivity contribution in [2.75, 3.05) is 11.9 Å². The Morgan fingerprint density at radius 2 is 2.03 bits per heavy atom. The number of carbonyl (C=O) groups is 1. The Morgan fingerprint density at radius 1 is 1.17 bits per heavy atom. The molecule has 0 spiro atoms. The van der Waals surface area contributed by atoms with E-state index in [2.05, 4.69) is 71.3 Å². The minimum Gasteiger partial charge on any atom is -0.358 e. The van der Waals surface area contributed by atoms with Gasteiger partial charge in [-0.2, -0.15) is 0 Å². The zero-order chi connectivity index (χ0) is 20.0. The molecule has 1 aliphatic heterocycles. The van der Waals surface area contributed by atoms with Crippen LogP contribution in [0.2, 0.25) is 0 Å². The van der Waals surface area contributed by atoms with E-state index in [1.807, 2.05) is 17.0 Å². The van der Waals surface area contributed by atoms with Crippen molar-refractivity contribution < 1.29 is 4.79 Å². The fourth-order valence-electron chi connectivity index (χ4n) is 4.37. The average molecular weight is 386 g/mol. The van der Waals surface area contributed by atoms with E-state index in [4.69, 9.17) is 0 Å². The van der Waals surface area contributed by atoms with Crippen LogP contribution in [0.15, 0.2) is 54.7 Å². The molecule has 4 aromatic rings. The highest BCUT2D eigenvalue weighted by Crippen LogP contribution is 2.28. The molecule has 0 atom stereocenters. The van der Waals surface area contributed by atoms with Crippen molar-refractivity contribution in [2.24, 2.45) is 5.92 Å². The third kappa shape index (κ3) is 3.27. The van der Waals surface area contributed by atoms with Crippen molar-refractivity contribution in [1.82, 2.24) is 14.5 Å². The molecule has 148 valence electrons. The Balaban J connectivity index is 1.34. The number of hydrogen-bond acceptors (Lipinski definition) is 1. The summed E-state index contributed by atoms with van der Waals surface area (Å²) in [7, 11) is 0. The van der Waals surface area contributed by atoms with E-state index in [-0.39, 0.29) is 6.03 Å². The first-order chi connectivity index (χ1) is 14.1. The van der Waals surface area contributed by atoms with Gasteiger partial charge in [-0.25, -0.2) is 4.79 Å². The van der Waals surface area contributed by atoms with Gasteiger partial charge in [0, 0.05) is 71.0 Å². The molecule has 0 saturated carbocycles. The smallest absolute Gasteiger partial charge is 0.322 e. The van der Waals surface area contributed by atoms with Crippen LogP contribution in [-0.2, 0) is 19.5 Å². The number of aromatic nitrogens is 2. The van der Waals surface area contributed by atoms with Gasteiger partial charge < -0.3 is 19.8 Å². The van der Waals surface area contributed by atoms with Crippen molar-refractivity contribution >= 4 is 33.5 Å². The van der Waals surface area contributed by atoms with Crippen molar-refractivity contribution in [2.45, 2.75) is 33.4 Å². The Morgan fingerprint density at radius 3 is 2.90 bits per heavy atom. The molecule has 3 heterocycles. The molecule has 5 rings (SSSR count). The summed E-state index contributed by atoms with van der Waals surface area (Å²) >= 11 is 0. The van der Waals surface area contributed by atoms with Gasteiger partial charge in [0.2, 0.25) is 0 Å². The topological polar surface area (TPSA) is 53.1 Å². The summed E-state index contributed by atoms with van der Waals surface area (Å²) in [6, 6.07) is 16.6. The number of urea groups is 1. The van der Waals surface area contributed by atoms with Crippen molar-refractivity contribution in [1.29, 1.82) is 0 Å². The Kier molecular flexibility index (Phi) is 4.31. The molecule has 0 saturated heterocycles. The number of hydrogen-bond donors (Lipinski definition) is 2. The van der Waals surface area contributed by atoms with E-state index in [1.165, 1.54) is 22.2 Å². The number of para-hydroxylation sites is 1. The first kappa shape index (κ1) is 17.9. The lowest BCUT2D eigenvalue weighted by Gasteiger charge is -2.27. The summed E-state index contributed by atoms with van der Waals surface area (Å²) in [6.45, 7) is 6.79. The second-order valence-corrected chi connectivity index (χ2v) is 8.36. The molecule has 2 N–H and O–H groups in total. The van der Waals surface area contributed by atoms with Gasteiger partial charge in [0.1, 0.15) is 0 Å². The molecular weight excluding hydrogens is 360 g/mol. The predicted octanol–water partition coefficient (Wildman–Crippen LogP) is 5.37. The van der Waals surface area contributed by atoms with Gasteiger partial charge in [-0.1, -0.05) is 32.0 Å². The van der Waals surface area contributed by atoms with Crippen LogP contribution in [0.25, 0.3) is 21.8 Å². The van der Waals surface area contributed by atoms with Gasteiger partial charge >= 0.3 is 6.03 Å². The molecule has 5 heteroatoms. The lowest BCUT2D eigenvalue weighted by atomic mass is 10.0. The minimum atomic E-state index is -0.0399. The van der Waals surface area contributed by atoms with E-state index in [9.17, 15) is 4.79 Å². The number of amides is 2. The average Bonchev–Trinajstić information content (AvgIpc) is 3.28. The highest BCUT2D eigenvalue weighted by Gasteiger charge is 2.24. The van der Waals surface area contributed by atoms with Gasteiger partial charge in [0.05, 0.1) is 0 Å². The number of rotatable bonds is 3. The summed E-state index contributed by atoms with van der Waals surface area (Å²) in [5, 5.41) is 5.46. The van der Waals surface area contributed by atoms with Crippen molar-refractivity contribution in [3.63, 3.8) is 0 Å². The van der Waals surface area contributed by atoms with Gasteiger partial charge in [0.25, 0.3) is 0 Å². The van der Waals surface area contributed by atoms with Crippen LogP contribution in [0, 0.1) is 5.92 Å². The van der Waals surface area contributed by atoms with E-state index < -0.39 is 0 Å². The third-order valence-corrected chi connectivity index (χ3v) is 5.75. The molecule has 2 aromatic heterocycles. The molecule has 2 amide bonds. The van der Waals surface area contributed by atoms with Crippen LogP contribution in [0.3, 0.4) is 0 Å². The molecule has 0 unspecified atom stereocenters. The number of benzene rings is 2. The third-order valence-electron chi connectivity index (χ3n) is 5.75. The molecule has 1 aliphatic rings. The van der Waals surface area contributed by atoms with E-state index in [0.717, 1.165) is 36.1 Å². The van der Waals surface area contributed by atoms with Crippen molar-refractivity contribution in [3.8, 4) is 0 Å². The minimum absolute atomic E-state index is 0.0399. The van der Waals surface area contributed by atoms with Crippen LogP contribution < -0.4 is 5.32 Å². The van der Waals surface area contributed by atoms with Crippen LogP contribution in [0.4, 0.5) is 10.5 Å². The van der Waals surface area contributed by atoms with E-state index in [0.29, 0.717) is 12.5 Å². The highest BCUT2D eigenvalue weighted by molar-refractivity contribution is 5.94. The molecule has 0 fully saturated rings. The summed E-state index contributed by atoms with van der Waals surface area (Å²) in [5.74, 6) is 0.596. The van der Waals surface area contributed by atoms with Gasteiger partial charge in [-0.15, -0.1) is 0 Å². The normalized spacial score (nSPS) is 14.0. The Labute approximate surface area is 170 Å². The van der Waals surface area contributed by atoms with Gasteiger partial charge in [-0.05, 0) is 36.2 Å². The SMILES string of the molecule is CC(C)Cn1ccc2cc(NC(=O)N3CCc4[nH]c5ccccc5c4C3)ccc21. The second-order valence-electron chi connectivity index (χ2n) is 8.36. The lowest BCUT2D eigenvalue weighted by Crippen LogP contribution is -2.38. The van der Waals surface area contributed by atoms with Gasteiger partial charge in [0.15, 0.2) is 0 Å². The standard InChI is InChI=1S/C24H26N4O/c1-16(2)14-27-11-9-17-13-18(7-8-23(17)27)25-24(29)28-12-10-22-20(15-28)19-5-3-4-6-21(19)26-22/h3-9,11,13,16,26H,10,12,14-15H2,1-2H3,(H,25,29). The summed E-state index contributed by atoms with van der Waals surface area (Å²) in [4.78, 5) is 18.3. The molecular formula is C24H26N4O. The summed E-state index contributed by atoms with van der Waals surface area (Å²) < 4.78 is 2.27. The Bertz CT molecular complexity index is 1200. The maximum atomic E-state index is 12.9. The van der Waals surface area contributed by atoms with E-state index in [1.54, 1.807) is 0 Å². The second kappa shape index (κ2) is 6.99. The predicted molar refractivity (Wildman–Crippen MR) is 118 cm³/mol. The fraction of sp³-hybridized carbons (Fsp3) is 0.292. The van der Waals surface area contributed by atoms with Crippen LogP contribution in [0.5, 0.6) is 0 Å². The maximum Gasteiger partial charge on any atom is 0.322 e. The molecule has 2 aromatic carbocycles. The number of nitrogens with zero attached hydrogens (tertiary/aromatic N) is 2. The number of carbonyl (C=O) groups excluding carboxylic acids is 1. The largest absolute Gasteiger partial charge is 0.358 e. The number of aromatic amines is 1. The van der Waals surface area contributed by atoms with Crippen LogP contribution >= 0.6 is 0 Å². The molecule has 0 aliphatic carbocycles. The number of anilines is 1. The zero-order valence-corrected chi connectivity index (χ0v) is 16.9. The molecule has 0 radical (unpaired) electrons. The maximum absolute atomic E-state index is 12.9. The quantitative estimate of drug-likeness (QED) is 0.489. The summed E-state index contributed by atoms with van der Waals surface area (Å²) in [5.41, 5.74) is 5.69. The number of fused-ring (bicyclic) bond motifs is 4. The zero-order valence-electron chi connectivity index (χ0n) is 16.9. The van der Waals surface area contributed by atoms with Crippen LogP contribution in [-0.4, -0.2) is 27.0 Å². The molecule has 0 bridgehead atoms. The van der Waals surface area contributed by atoms with E-state index >= 15 is 0 Å². The fourth-order valence-corrected chi connectivity index (χ4v) is 4.37. The number of H-pyrrole nitrogens is 1. The van der Waals surface area contributed by atoms with Crippen molar-refractivity contribution in [3.05, 3.63) is 66.0 Å². The number of nitrogens with one attached hydrogen (secondary N) is 2. The first-order valence-corrected chi connectivity index (χ1v) is 10.3. The lowest BCUT2D eigenvalue weighted by molar-refractivity contribution is 0.206. The Hall–Kier alpha value is -3.21. The highest BCUT2D eigenvalue weighted by atomic mass is 16.2. The molecule has 29 heavy (non-hydrogen) atoms. The van der Waals surface area contributed by atoms with Crippen LogP contribution in [0.1, 0.15) is 25.1 Å². The first-order valence-electron chi connectivity index (χ1n) is 10.3. The summed E-state index contributed by atoms with van der Waals surface area (Å²) in [6.07, 6.45) is 2.98. The monoisotopic (exact) mass is 386 g/mol.